The monoisotopic (exact) mass is 304 g/mol. The first-order valence-electron chi connectivity index (χ1n) is 7.61. The number of benzene rings is 1. The van der Waals surface area contributed by atoms with E-state index in [1.54, 1.807) is 12.0 Å². The minimum Gasteiger partial charge on any atom is -0.459 e. The summed E-state index contributed by atoms with van der Waals surface area (Å²) >= 11 is 0. The number of methoxy groups -OCH3 is 1. The average Bonchev–Trinajstić information content (AvgIpc) is 2.97. The Kier molecular flexibility index (Phi) is 5.57. The van der Waals surface area contributed by atoms with Crippen LogP contribution in [0.3, 0.4) is 0 Å². The van der Waals surface area contributed by atoms with Crippen LogP contribution in [0.1, 0.15) is 32.1 Å². The lowest BCUT2D eigenvalue weighted by atomic mass is 10.1. The average molecular weight is 304 g/mol. The molecule has 1 aromatic carbocycles. The molecule has 22 heavy (non-hydrogen) atoms. The predicted molar refractivity (Wildman–Crippen MR) is 86.5 cm³/mol. The Labute approximate surface area is 131 Å². The van der Waals surface area contributed by atoms with Crippen LogP contribution < -0.4 is 5.73 Å². The number of ether oxygens (including phenoxy) is 1. The third-order valence-electron chi connectivity index (χ3n) is 3.98. The number of carbonyl (C=O) groups is 1. The molecule has 0 spiro atoms. The smallest absolute Gasteiger partial charge is 0.225 e. The molecule has 0 aliphatic heterocycles. The molecule has 2 unspecified atom stereocenters. The number of fused-ring (bicyclic) bond motifs is 1. The van der Waals surface area contributed by atoms with Gasteiger partial charge in [-0.05, 0) is 26.0 Å². The van der Waals surface area contributed by atoms with Crippen molar-refractivity contribution in [2.24, 2.45) is 5.73 Å². The third-order valence-corrected chi connectivity index (χ3v) is 3.98. The van der Waals surface area contributed by atoms with Crippen molar-refractivity contribution in [2.75, 3.05) is 20.2 Å². The van der Waals surface area contributed by atoms with E-state index >= 15 is 0 Å². The van der Waals surface area contributed by atoms with Crippen LogP contribution in [0.2, 0.25) is 0 Å². The summed E-state index contributed by atoms with van der Waals surface area (Å²) in [7, 11) is 1.57. The minimum atomic E-state index is -0.246. The predicted octanol–water partition coefficient (Wildman–Crippen LogP) is 2.71. The van der Waals surface area contributed by atoms with E-state index in [9.17, 15) is 4.79 Å². The molecule has 1 amide bonds. The van der Waals surface area contributed by atoms with Gasteiger partial charge in [0.15, 0.2) is 0 Å². The normalized spacial score (nSPS) is 14.0. The zero-order valence-corrected chi connectivity index (χ0v) is 13.4. The van der Waals surface area contributed by atoms with Gasteiger partial charge >= 0.3 is 0 Å². The Morgan fingerprint density at radius 3 is 2.73 bits per heavy atom. The van der Waals surface area contributed by atoms with E-state index in [0.717, 1.165) is 16.7 Å². The molecule has 2 rings (SSSR count). The van der Waals surface area contributed by atoms with Crippen LogP contribution in [-0.2, 0) is 9.53 Å². The Balaban J connectivity index is 2.17. The molecule has 2 atom stereocenters. The molecule has 0 aliphatic rings. The first-order valence-corrected chi connectivity index (χ1v) is 7.61. The molecule has 5 nitrogen and oxygen atoms in total. The van der Waals surface area contributed by atoms with Gasteiger partial charge in [-0.15, -0.1) is 0 Å². The standard InChI is InChI=1S/C17H24N2O3/c1-4-19(17(20)10-14(11-18)21-3)12(2)16-9-13-7-5-6-8-15(13)22-16/h5-9,12,14H,4,10-11,18H2,1-3H3. The first kappa shape index (κ1) is 16.5. The second kappa shape index (κ2) is 7.42. The van der Waals surface area contributed by atoms with E-state index < -0.39 is 0 Å². The number of hydrogen-bond acceptors (Lipinski definition) is 4. The van der Waals surface area contributed by atoms with Gasteiger partial charge in [0.25, 0.3) is 0 Å². The second-order valence-corrected chi connectivity index (χ2v) is 5.34. The van der Waals surface area contributed by atoms with Gasteiger partial charge in [-0.25, -0.2) is 0 Å². The molecule has 1 heterocycles. The lowest BCUT2D eigenvalue weighted by molar-refractivity contribution is -0.135. The fraction of sp³-hybridized carbons (Fsp3) is 0.471. The van der Waals surface area contributed by atoms with E-state index in [2.05, 4.69) is 0 Å². The van der Waals surface area contributed by atoms with Crippen molar-refractivity contribution < 1.29 is 13.9 Å². The van der Waals surface area contributed by atoms with Crippen molar-refractivity contribution in [3.63, 3.8) is 0 Å². The van der Waals surface area contributed by atoms with Crippen molar-refractivity contribution in [2.45, 2.75) is 32.4 Å². The van der Waals surface area contributed by atoms with Crippen molar-refractivity contribution in [1.29, 1.82) is 0 Å². The molecule has 2 aromatic rings. The van der Waals surface area contributed by atoms with Gasteiger partial charge in [0.1, 0.15) is 11.3 Å². The molecular weight excluding hydrogens is 280 g/mol. The fourth-order valence-corrected chi connectivity index (χ4v) is 2.60. The number of carbonyl (C=O) groups excluding carboxylic acids is 1. The molecule has 5 heteroatoms. The zero-order chi connectivity index (χ0) is 16.1. The first-order chi connectivity index (χ1) is 10.6. The van der Waals surface area contributed by atoms with Crippen molar-refractivity contribution >= 4 is 16.9 Å². The number of para-hydroxylation sites is 1. The summed E-state index contributed by atoms with van der Waals surface area (Å²) in [5, 5.41) is 1.05. The summed E-state index contributed by atoms with van der Waals surface area (Å²) in [6, 6.07) is 9.71. The van der Waals surface area contributed by atoms with Crippen LogP contribution in [0.5, 0.6) is 0 Å². The minimum absolute atomic E-state index is 0.0211. The largest absolute Gasteiger partial charge is 0.459 e. The molecule has 0 radical (unpaired) electrons. The van der Waals surface area contributed by atoms with Crippen LogP contribution in [0.15, 0.2) is 34.7 Å². The van der Waals surface area contributed by atoms with Crippen LogP contribution in [0, 0.1) is 0 Å². The zero-order valence-electron chi connectivity index (χ0n) is 13.4. The summed E-state index contributed by atoms with van der Waals surface area (Å²) in [6.45, 7) is 4.88. The summed E-state index contributed by atoms with van der Waals surface area (Å²) in [6.07, 6.45) is 0.0372. The maximum absolute atomic E-state index is 12.5. The molecule has 120 valence electrons. The van der Waals surface area contributed by atoms with Gasteiger partial charge in [0.05, 0.1) is 18.6 Å². The summed E-state index contributed by atoms with van der Waals surface area (Å²) in [5.41, 5.74) is 6.43. The highest BCUT2D eigenvalue weighted by Crippen LogP contribution is 2.27. The van der Waals surface area contributed by atoms with Gasteiger partial charge in [0.2, 0.25) is 5.91 Å². The number of amides is 1. The summed E-state index contributed by atoms with van der Waals surface area (Å²) in [4.78, 5) is 14.3. The van der Waals surface area contributed by atoms with Gasteiger partial charge in [-0.2, -0.15) is 0 Å². The van der Waals surface area contributed by atoms with Gasteiger partial charge in [-0.3, -0.25) is 4.79 Å². The second-order valence-electron chi connectivity index (χ2n) is 5.34. The molecule has 0 saturated carbocycles. The Bertz CT molecular complexity index is 586. The molecule has 0 fully saturated rings. The summed E-state index contributed by atoms with van der Waals surface area (Å²) in [5.74, 6) is 0.811. The maximum Gasteiger partial charge on any atom is 0.225 e. The van der Waals surface area contributed by atoms with Crippen LogP contribution in [0.25, 0.3) is 11.0 Å². The number of hydrogen-bond donors (Lipinski definition) is 1. The Hall–Kier alpha value is -1.85. The molecule has 0 bridgehead atoms. The van der Waals surface area contributed by atoms with E-state index in [4.69, 9.17) is 14.9 Å². The highest BCUT2D eigenvalue weighted by molar-refractivity contribution is 5.79. The highest BCUT2D eigenvalue weighted by Gasteiger charge is 2.24. The maximum atomic E-state index is 12.5. The highest BCUT2D eigenvalue weighted by atomic mass is 16.5. The topological polar surface area (TPSA) is 68.7 Å². The van der Waals surface area contributed by atoms with E-state index in [-0.39, 0.29) is 24.5 Å². The quantitative estimate of drug-likeness (QED) is 0.854. The fourth-order valence-electron chi connectivity index (χ4n) is 2.60. The van der Waals surface area contributed by atoms with Crippen LogP contribution in [-0.4, -0.2) is 37.1 Å². The van der Waals surface area contributed by atoms with Crippen molar-refractivity contribution in [3.8, 4) is 0 Å². The third kappa shape index (κ3) is 3.48. The molecule has 2 N–H and O–H groups in total. The number of nitrogens with two attached hydrogens (primary N) is 1. The van der Waals surface area contributed by atoms with Gasteiger partial charge in [0, 0.05) is 25.6 Å². The SMILES string of the molecule is CCN(C(=O)CC(CN)OC)C(C)c1cc2ccccc2o1. The van der Waals surface area contributed by atoms with Crippen molar-refractivity contribution in [3.05, 3.63) is 36.1 Å². The Morgan fingerprint density at radius 1 is 1.41 bits per heavy atom. The van der Waals surface area contributed by atoms with Gasteiger partial charge < -0.3 is 19.8 Å². The number of rotatable bonds is 7. The van der Waals surface area contributed by atoms with E-state index in [1.807, 2.05) is 44.2 Å². The van der Waals surface area contributed by atoms with Crippen molar-refractivity contribution in [1.82, 2.24) is 4.90 Å². The van der Waals surface area contributed by atoms with Crippen LogP contribution >= 0.6 is 0 Å². The van der Waals surface area contributed by atoms with Gasteiger partial charge in [-0.1, -0.05) is 18.2 Å². The van der Waals surface area contributed by atoms with E-state index in [0.29, 0.717) is 13.1 Å². The van der Waals surface area contributed by atoms with E-state index in [1.165, 1.54) is 0 Å². The summed E-state index contributed by atoms with van der Waals surface area (Å²) < 4.78 is 11.1. The number of furan rings is 1. The molecule has 0 aliphatic carbocycles. The number of nitrogens with zero attached hydrogens (tertiary/aromatic N) is 1. The van der Waals surface area contributed by atoms with Crippen LogP contribution in [0.4, 0.5) is 0 Å². The Morgan fingerprint density at radius 2 is 2.14 bits per heavy atom. The molecular formula is C17H24N2O3. The lowest BCUT2D eigenvalue weighted by Crippen LogP contribution is -2.37. The molecule has 0 saturated heterocycles. The molecule has 1 aromatic heterocycles. The lowest BCUT2D eigenvalue weighted by Gasteiger charge is -2.28.